The van der Waals surface area contributed by atoms with Gasteiger partial charge in [0.2, 0.25) is 0 Å². The van der Waals surface area contributed by atoms with Crippen molar-refractivity contribution < 1.29 is 9.53 Å². The number of para-hydroxylation sites is 1. The number of hydrogen-bond acceptors (Lipinski definition) is 2. The summed E-state index contributed by atoms with van der Waals surface area (Å²) in [7, 11) is 0. The van der Waals surface area contributed by atoms with Crippen molar-refractivity contribution in [1.82, 2.24) is 4.90 Å². The summed E-state index contributed by atoms with van der Waals surface area (Å²) >= 11 is 0. The third-order valence-corrected chi connectivity index (χ3v) is 3.80. The second-order valence-electron chi connectivity index (χ2n) is 5.29. The number of rotatable bonds is 3. The molecule has 3 nitrogen and oxygen atoms in total. The Morgan fingerprint density at radius 3 is 2.10 bits per heavy atom. The maximum atomic E-state index is 12.3. The normalized spacial score (nSPS) is 15.7. The van der Waals surface area contributed by atoms with Gasteiger partial charge in [-0.05, 0) is 24.3 Å². The van der Waals surface area contributed by atoms with Crippen LogP contribution in [0, 0.1) is 0 Å². The second kappa shape index (κ2) is 6.44. The number of carbonyl (C=O) groups excluding carboxylic acids is 1. The van der Waals surface area contributed by atoms with Gasteiger partial charge in [-0.3, -0.25) is 4.79 Å². The Bertz CT molecular complexity index is 575. The van der Waals surface area contributed by atoms with Gasteiger partial charge in [0.05, 0.1) is 0 Å². The van der Waals surface area contributed by atoms with E-state index in [0.29, 0.717) is 0 Å². The van der Waals surface area contributed by atoms with E-state index >= 15 is 0 Å². The first-order valence-corrected chi connectivity index (χ1v) is 7.39. The maximum Gasteiger partial charge on any atom is 0.253 e. The summed E-state index contributed by atoms with van der Waals surface area (Å²) in [6.45, 7) is 1.51. The third kappa shape index (κ3) is 3.43. The molecular weight excluding hydrogens is 262 g/mol. The third-order valence-electron chi connectivity index (χ3n) is 3.80. The van der Waals surface area contributed by atoms with E-state index in [4.69, 9.17) is 4.74 Å². The monoisotopic (exact) mass is 281 g/mol. The number of piperidine rings is 1. The predicted octanol–water partition coefficient (Wildman–Crippen LogP) is 3.37. The highest BCUT2D eigenvalue weighted by Crippen LogP contribution is 2.19. The second-order valence-corrected chi connectivity index (χ2v) is 5.29. The summed E-state index contributed by atoms with van der Waals surface area (Å²) in [6.07, 6.45) is 1.97. The highest BCUT2D eigenvalue weighted by atomic mass is 16.5. The first-order chi connectivity index (χ1) is 10.3. The van der Waals surface area contributed by atoms with Crippen LogP contribution in [0.1, 0.15) is 23.2 Å². The SMILES string of the molecule is O=C(c1ccccc1)N1CCC(Oc2ccccc2)CC1. The molecule has 0 spiro atoms. The van der Waals surface area contributed by atoms with E-state index in [0.717, 1.165) is 37.2 Å². The molecule has 0 saturated carbocycles. The van der Waals surface area contributed by atoms with Crippen molar-refractivity contribution >= 4 is 5.91 Å². The minimum atomic E-state index is 0.119. The van der Waals surface area contributed by atoms with Crippen molar-refractivity contribution in [2.75, 3.05) is 13.1 Å². The van der Waals surface area contributed by atoms with Gasteiger partial charge in [-0.25, -0.2) is 0 Å². The fourth-order valence-electron chi connectivity index (χ4n) is 2.63. The Morgan fingerprint density at radius 1 is 0.905 bits per heavy atom. The molecule has 1 aliphatic heterocycles. The molecule has 0 N–H and O–H groups in total. The molecule has 3 heteroatoms. The van der Waals surface area contributed by atoms with Crippen molar-refractivity contribution in [2.24, 2.45) is 0 Å². The van der Waals surface area contributed by atoms with Gasteiger partial charge in [0.25, 0.3) is 5.91 Å². The molecule has 1 saturated heterocycles. The summed E-state index contributed by atoms with van der Waals surface area (Å²) in [5.74, 6) is 1.03. The fourth-order valence-corrected chi connectivity index (χ4v) is 2.63. The molecule has 2 aromatic carbocycles. The summed E-state index contributed by atoms with van der Waals surface area (Å²) < 4.78 is 5.95. The van der Waals surface area contributed by atoms with Gasteiger partial charge >= 0.3 is 0 Å². The zero-order valence-electron chi connectivity index (χ0n) is 11.9. The zero-order valence-corrected chi connectivity index (χ0v) is 11.9. The molecule has 1 fully saturated rings. The number of hydrogen-bond donors (Lipinski definition) is 0. The molecule has 0 aromatic heterocycles. The standard InChI is InChI=1S/C18H19NO2/c20-18(15-7-3-1-4-8-15)19-13-11-17(12-14-19)21-16-9-5-2-6-10-16/h1-10,17H,11-14H2. The summed E-state index contributed by atoms with van der Waals surface area (Å²) in [5, 5.41) is 0. The number of carbonyl (C=O) groups is 1. The summed E-state index contributed by atoms with van der Waals surface area (Å²) in [5.41, 5.74) is 0.764. The highest BCUT2D eigenvalue weighted by molar-refractivity contribution is 5.94. The van der Waals surface area contributed by atoms with E-state index in [2.05, 4.69) is 0 Å². The van der Waals surface area contributed by atoms with Gasteiger partial charge in [0.1, 0.15) is 11.9 Å². The van der Waals surface area contributed by atoms with Crippen LogP contribution in [0.4, 0.5) is 0 Å². The van der Waals surface area contributed by atoms with Crippen LogP contribution in [0.3, 0.4) is 0 Å². The van der Waals surface area contributed by atoms with Crippen molar-refractivity contribution in [3.8, 4) is 5.75 Å². The van der Waals surface area contributed by atoms with E-state index in [1.165, 1.54) is 0 Å². The van der Waals surface area contributed by atoms with E-state index in [1.54, 1.807) is 0 Å². The first-order valence-electron chi connectivity index (χ1n) is 7.39. The van der Waals surface area contributed by atoms with Gasteiger partial charge in [-0.15, -0.1) is 0 Å². The number of amides is 1. The molecule has 3 rings (SSSR count). The average Bonchev–Trinajstić information content (AvgIpc) is 2.57. The van der Waals surface area contributed by atoms with Crippen LogP contribution in [-0.2, 0) is 0 Å². The Hall–Kier alpha value is -2.29. The molecule has 0 aliphatic carbocycles. The molecule has 0 atom stereocenters. The fraction of sp³-hybridized carbons (Fsp3) is 0.278. The minimum Gasteiger partial charge on any atom is -0.490 e. The van der Waals surface area contributed by atoms with E-state index in [1.807, 2.05) is 65.6 Å². The molecule has 0 radical (unpaired) electrons. The Kier molecular flexibility index (Phi) is 4.20. The molecular formula is C18H19NO2. The quantitative estimate of drug-likeness (QED) is 0.863. The molecule has 108 valence electrons. The molecule has 1 heterocycles. The first kappa shape index (κ1) is 13.7. The van der Waals surface area contributed by atoms with Gasteiger partial charge in [0.15, 0.2) is 0 Å². The van der Waals surface area contributed by atoms with Gasteiger partial charge in [-0.1, -0.05) is 36.4 Å². The summed E-state index contributed by atoms with van der Waals surface area (Å²) in [6, 6.07) is 19.3. The van der Waals surface area contributed by atoms with E-state index < -0.39 is 0 Å². The zero-order chi connectivity index (χ0) is 14.5. The lowest BCUT2D eigenvalue weighted by Crippen LogP contribution is -2.41. The largest absolute Gasteiger partial charge is 0.490 e. The van der Waals surface area contributed by atoms with Gasteiger partial charge < -0.3 is 9.64 Å². The van der Waals surface area contributed by atoms with Crippen LogP contribution in [0.5, 0.6) is 5.75 Å². The number of nitrogens with zero attached hydrogens (tertiary/aromatic N) is 1. The van der Waals surface area contributed by atoms with Crippen molar-refractivity contribution in [3.63, 3.8) is 0 Å². The predicted molar refractivity (Wildman–Crippen MR) is 82.4 cm³/mol. The lowest BCUT2D eigenvalue weighted by molar-refractivity contribution is 0.0595. The highest BCUT2D eigenvalue weighted by Gasteiger charge is 2.24. The molecule has 0 bridgehead atoms. The van der Waals surface area contributed by atoms with Crippen molar-refractivity contribution in [2.45, 2.75) is 18.9 Å². The lowest BCUT2D eigenvalue weighted by Gasteiger charge is -2.32. The van der Waals surface area contributed by atoms with Crippen LogP contribution >= 0.6 is 0 Å². The van der Waals surface area contributed by atoms with Crippen LogP contribution in [0.2, 0.25) is 0 Å². The molecule has 21 heavy (non-hydrogen) atoms. The lowest BCUT2D eigenvalue weighted by atomic mass is 10.1. The smallest absolute Gasteiger partial charge is 0.253 e. The molecule has 1 amide bonds. The number of benzene rings is 2. The number of likely N-dealkylation sites (tertiary alicyclic amines) is 1. The van der Waals surface area contributed by atoms with Gasteiger partial charge in [0, 0.05) is 31.5 Å². The van der Waals surface area contributed by atoms with Crippen LogP contribution in [-0.4, -0.2) is 30.0 Å². The average molecular weight is 281 g/mol. The van der Waals surface area contributed by atoms with Crippen LogP contribution < -0.4 is 4.74 Å². The van der Waals surface area contributed by atoms with Crippen LogP contribution in [0.25, 0.3) is 0 Å². The van der Waals surface area contributed by atoms with Crippen molar-refractivity contribution in [3.05, 3.63) is 66.2 Å². The molecule has 0 unspecified atom stereocenters. The Balaban J connectivity index is 1.54. The minimum absolute atomic E-state index is 0.119. The Morgan fingerprint density at radius 2 is 1.48 bits per heavy atom. The summed E-state index contributed by atoms with van der Waals surface area (Å²) in [4.78, 5) is 14.3. The maximum absolute atomic E-state index is 12.3. The van der Waals surface area contributed by atoms with Gasteiger partial charge in [-0.2, -0.15) is 0 Å². The topological polar surface area (TPSA) is 29.5 Å². The Labute approximate surface area is 125 Å². The number of ether oxygens (including phenoxy) is 1. The molecule has 2 aromatic rings. The molecule has 1 aliphatic rings. The van der Waals surface area contributed by atoms with E-state index in [9.17, 15) is 4.79 Å². The van der Waals surface area contributed by atoms with Crippen LogP contribution in [0.15, 0.2) is 60.7 Å². The van der Waals surface area contributed by atoms with E-state index in [-0.39, 0.29) is 12.0 Å². The van der Waals surface area contributed by atoms with Crippen molar-refractivity contribution in [1.29, 1.82) is 0 Å².